The molecule has 0 radical (unpaired) electrons. The van der Waals surface area contributed by atoms with E-state index in [1.807, 2.05) is 60.7 Å². The fourth-order valence-electron chi connectivity index (χ4n) is 14.6. The first kappa shape index (κ1) is 53.1. The van der Waals surface area contributed by atoms with E-state index < -0.39 is 0 Å². The van der Waals surface area contributed by atoms with E-state index in [4.69, 9.17) is 19.9 Å². The van der Waals surface area contributed by atoms with Gasteiger partial charge in [0, 0.05) is 76.8 Å². The van der Waals surface area contributed by atoms with Gasteiger partial charge in [-0.05, 0) is 120 Å². The molecule has 8 nitrogen and oxygen atoms in total. The third kappa shape index (κ3) is 8.40. The number of rotatable bonds is 7. The van der Waals surface area contributed by atoms with Gasteiger partial charge < -0.3 is 13.7 Å². The van der Waals surface area contributed by atoms with Crippen LogP contribution in [0.2, 0.25) is 0 Å². The van der Waals surface area contributed by atoms with Crippen molar-refractivity contribution >= 4 is 120 Å². The maximum atomic E-state index is 5.33. The van der Waals surface area contributed by atoms with Crippen molar-refractivity contribution in [3.05, 3.63) is 328 Å². The fourth-order valence-corrected chi connectivity index (χ4v) is 14.6. The summed E-state index contributed by atoms with van der Waals surface area (Å²) >= 11 is 0. The predicted octanol–water partition coefficient (Wildman–Crippen LogP) is 21.8. The van der Waals surface area contributed by atoms with Crippen molar-refractivity contribution in [2.24, 2.45) is 0 Å². The topological polar surface area (TPSA) is 71.3 Å². The van der Waals surface area contributed by atoms with Gasteiger partial charge in [-0.3, -0.25) is 4.57 Å². The minimum Gasteiger partial charge on any atom is -0.309 e. The molecule has 6 heterocycles. The minimum atomic E-state index is 0.822. The van der Waals surface area contributed by atoms with Crippen LogP contribution >= 0.6 is 0 Å². The Morgan fingerprint density at radius 2 is 0.543 bits per heavy atom. The van der Waals surface area contributed by atoms with Gasteiger partial charge in [-0.2, -0.15) is 0 Å². The second kappa shape index (κ2) is 21.4. The number of nitrogens with zero attached hydrogens (tertiary/aromatic N) is 8. The van der Waals surface area contributed by atoms with Crippen molar-refractivity contribution in [3.63, 3.8) is 0 Å². The molecule has 0 spiro atoms. The number of benzene rings is 14. The molecule has 0 unspecified atom stereocenters. The summed E-state index contributed by atoms with van der Waals surface area (Å²) in [5.74, 6) is 0.822. The third-order valence-electron chi connectivity index (χ3n) is 18.8. The van der Waals surface area contributed by atoms with Gasteiger partial charge in [-0.1, -0.05) is 218 Å². The molecule has 0 aliphatic rings. The summed E-state index contributed by atoms with van der Waals surface area (Å²) in [5.41, 5.74) is 21.9. The van der Waals surface area contributed by atoms with Gasteiger partial charge in [0.1, 0.15) is 5.69 Å². The van der Waals surface area contributed by atoms with Crippen LogP contribution in [0.4, 0.5) is 0 Å². The molecule has 20 aromatic rings. The summed E-state index contributed by atoms with van der Waals surface area (Å²) < 4.78 is 9.50. The maximum Gasteiger partial charge on any atom is 0.165 e. The SMILES string of the molecule is c1ccc(-c2nc3ccccc3nc2-c2ccc(-n3c4ccccc4c4cc5c6ccccc6n(-c6ccccc6)c5cc43)cc2)cc1.c1ccc(-c2nc3ccccc3nc2-n2c3ccccc3c3cc4c5c6ccccc6ccc5n(-c5ccccc5)c4cc32)cc1. The van der Waals surface area contributed by atoms with Gasteiger partial charge in [-0.25, -0.2) is 19.9 Å². The Morgan fingerprint density at radius 3 is 1.06 bits per heavy atom. The minimum absolute atomic E-state index is 0.822. The van der Waals surface area contributed by atoms with E-state index in [-0.39, 0.29) is 0 Å². The molecule has 0 saturated carbocycles. The first-order chi connectivity index (χ1) is 46.6. The molecule has 0 atom stereocenters. The standard InChI is InChI=1S/C44H28N4.C42H26N4/c1-3-13-29(14-4-1)43-44(46-38-20-10-9-19-37(38)45-43)30-23-25-32(26-24-30)48-40-22-12-8-18-34(40)36-27-35-33-17-7-11-21-39(33)47(41(35)28-42(36)48)31-15-5-2-6-16-31;1-3-14-28(15-4-1)41-42(44-35-21-11-10-20-34(35)43-41)46-36-22-12-9-19-31(36)32-25-33-39(26-38(32)46)45(29-16-5-2-6-17-29)37-24-23-27-13-7-8-18-30(27)40(33)37/h1-28H;1-26H. The third-order valence-corrected chi connectivity index (χ3v) is 18.8. The summed E-state index contributed by atoms with van der Waals surface area (Å²) in [5, 5.41) is 12.4. The zero-order valence-corrected chi connectivity index (χ0v) is 50.8. The molecule has 20 rings (SSSR count). The average molecular weight is 1200 g/mol. The summed E-state index contributed by atoms with van der Waals surface area (Å²) in [4.78, 5) is 20.8. The number of fused-ring (bicyclic) bond motifs is 16. The summed E-state index contributed by atoms with van der Waals surface area (Å²) in [6.07, 6.45) is 0. The molecular weight excluding hydrogens is 1150 g/mol. The first-order valence-corrected chi connectivity index (χ1v) is 31.9. The van der Waals surface area contributed by atoms with Crippen LogP contribution in [0.3, 0.4) is 0 Å². The van der Waals surface area contributed by atoms with Gasteiger partial charge in [0.05, 0.1) is 77.6 Å². The molecule has 438 valence electrons. The van der Waals surface area contributed by atoms with Crippen LogP contribution in [-0.2, 0) is 0 Å². The summed E-state index contributed by atoms with van der Waals surface area (Å²) in [6.45, 7) is 0. The molecule has 0 aliphatic carbocycles. The average Bonchev–Trinajstić information content (AvgIpc) is 1.55. The van der Waals surface area contributed by atoms with Gasteiger partial charge in [0.2, 0.25) is 0 Å². The Hall–Kier alpha value is -12.8. The largest absolute Gasteiger partial charge is 0.309 e. The number of aromatic nitrogens is 8. The van der Waals surface area contributed by atoms with E-state index in [1.54, 1.807) is 0 Å². The second-order valence-corrected chi connectivity index (χ2v) is 24.1. The molecule has 0 aliphatic heterocycles. The molecule has 0 fully saturated rings. The van der Waals surface area contributed by atoms with Crippen LogP contribution in [-0.4, -0.2) is 38.2 Å². The number of para-hydroxylation sites is 9. The van der Waals surface area contributed by atoms with Gasteiger partial charge >= 0.3 is 0 Å². The molecule has 0 N–H and O–H groups in total. The molecular formula is C86H54N8. The van der Waals surface area contributed by atoms with E-state index >= 15 is 0 Å². The number of hydrogen-bond donors (Lipinski definition) is 0. The van der Waals surface area contributed by atoms with Gasteiger partial charge in [0.25, 0.3) is 0 Å². The Kier molecular flexibility index (Phi) is 12.1. The van der Waals surface area contributed by atoms with Crippen molar-refractivity contribution in [3.8, 4) is 56.7 Å². The predicted molar refractivity (Wildman–Crippen MR) is 390 cm³/mol. The van der Waals surface area contributed by atoms with Crippen LogP contribution in [0.5, 0.6) is 0 Å². The molecule has 0 amide bonds. The molecule has 14 aromatic carbocycles. The smallest absolute Gasteiger partial charge is 0.165 e. The fraction of sp³-hybridized carbons (Fsp3) is 0. The van der Waals surface area contributed by atoms with E-state index in [9.17, 15) is 0 Å². The quantitative estimate of drug-likeness (QED) is 0.159. The zero-order valence-electron chi connectivity index (χ0n) is 50.8. The van der Waals surface area contributed by atoms with E-state index in [0.29, 0.717) is 0 Å². The van der Waals surface area contributed by atoms with Gasteiger partial charge in [0.15, 0.2) is 5.82 Å². The number of hydrogen-bond acceptors (Lipinski definition) is 4. The van der Waals surface area contributed by atoms with Crippen molar-refractivity contribution in [1.82, 2.24) is 38.2 Å². The first-order valence-electron chi connectivity index (χ1n) is 31.9. The maximum absolute atomic E-state index is 5.33. The van der Waals surface area contributed by atoms with Crippen molar-refractivity contribution < 1.29 is 0 Å². The Morgan fingerprint density at radius 1 is 0.191 bits per heavy atom. The lowest BCUT2D eigenvalue weighted by Crippen LogP contribution is -2.03. The summed E-state index contributed by atoms with van der Waals surface area (Å²) in [7, 11) is 0. The van der Waals surface area contributed by atoms with Crippen LogP contribution in [0, 0.1) is 0 Å². The van der Waals surface area contributed by atoms with Crippen molar-refractivity contribution in [2.45, 2.75) is 0 Å². The molecule has 6 aromatic heterocycles. The van der Waals surface area contributed by atoms with Crippen molar-refractivity contribution in [2.75, 3.05) is 0 Å². The lowest BCUT2D eigenvalue weighted by atomic mass is 10.0. The van der Waals surface area contributed by atoms with Crippen LogP contribution in [0.1, 0.15) is 0 Å². The van der Waals surface area contributed by atoms with E-state index in [2.05, 4.69) is 285 Å². The highest BCUT2D eigenvalue weighted by Crippen LogP contribution is 2.45. The monoisotopic (exact) mass is 1200 g/mol. The lowest BCUT2D eigenvalue weighted by Gasteiger charge is -2.14. The second-order valence-electron chi connectivity index (χ2n) is 24.1. The summed E-state index contributed by atoms with van der Waals surface area (Å²) in [6, 6.07) is 116. The highest BCUT2D eigenvalue weighted by Gasteiger charge is 2.24. The molecule has 0 saturated heterocycles. The van der Waals surface area contributed by atoms with Crippen LogP contribution < -0.4 is 0 Å². The lowest BCUT2D eigenvalue weighted by molar-refractivity contribution is 1.08. The normalized spacial score (nSPS) is 11.8. The van der Waals surface area contributed by atoms with Gasteiger partial charge in [-0.15, -0.1) is 0 Å². The zero-order chi connectivity index (χ0) is 61.8. The van der Waals surface area contributed by atoms with Crippen LogP contribution in [0.15, 0.2) is 328 Å². The Balaban J connectivity index is 0.000000134. The molecule has 94 heavy (non-hydrogen) atoms. The molecule has 8 heteroatoms. The molecule has 0 bridgehead atoms. The van der Waals surface area contributed by atoms with Crippen molar-refractivity contribution in [1.29, 1.82) is 0 Å². The van der Waals surface area contributed by atoms with Crippen LogP contribution in [0.25, 0.3) is 177 Å². The Labute approximate surface area is 539 Å². The van der Waals surface area contributed by atoms with E-state index in [0.717, 1.165) is 95.3 Å². The highest BCUT2D eigenvalue weighted by molar-refractivity contribution is 6.26. The van der Waals surface area contributed by atoms with E-state index in [1.165, 1.54) is 81.4 Å². The Bertz CT molecular complexity index is 6380. The highest BCUT2D eigenvalue weighted by atomic mass is 15.1.